The first-order chi connectivity index (χ1) is 15.1. The highest BCUT2D eigenvalue weighted by Crippen LogP contribution is 2.44. The zero-order chi connectivity index (χ0) is 21.8. The standard InChI is InChI=1S/C24H22N2O5/c1-30-22-15(7-6-12-25-22)13-21(23(27)28)26-24(29)31-14-20-18-10-4-2-8-16(18)17-9-3-5-11-19(17)20/h2-12,20-21H,13-14H2,1H3,(H,26,29)(H,27,28)/t21-/m0/s1. The van der Waals surface area contributed by atoms with Crippen LogP contribution in [0.25, 0.3) is 11.1 Å². The number of rotatable bonds is 7. The lowest BCUT2D eigenvalue weighted by atomic mass is 9.98. The summed E-state index contributed by atoms with van der Waals surface area (Å²) in [6, 6.07) is 18.3. The normalized spacial score (nSPS) is 13.1. The summed E-state index contributed by atoms with van der Waals surface area (Å²) in [5.74, 6) is -0.942. The second-order valence-corrected chi connectivity index (χ2v) is 7.24. The van der Waals surface area contributed by atoms with Gasteiger partial charge in [0.2, 0.25) is 5.88 Å². The Bertz CT molecular complexity index is 1070. The summed E-state index contributed by atoms with van der Waals surface area (Å²) in [6.07, 6.45) is 0.797. The molecule has 1 aliphatic carbocycles. The van der Waals surface area contributed by atoms with E-state index in [0.29, 0.717) is 11.4 Å². The number of carboxylic acids is 1. The lowest BCUT2D eigenvalue weighted by Gasteiger charge is -2.18. The van der Waals surface area contributed by atoms with Gasteiger partial charge in [0.15, 0.2) is 0 Å². The minimum absolute atomic E-state index is 0.0243. The lowest BCUT2D eigenvalue weighted by molar-refractivity contribution is -0.139. The Labute approximate surface area is 179 Å². The molecule has 1 atom stereocenters. The van der Waals surface area contributed by atoms with Crippen LogP contribution >= 0.6 is 0 Å². The minimum atomic E-state index is -1.17. The molecule has 31 heavy (non-hydrogen) atoms. The number of pyridine rings is 1. The van der Waals surface area contributed by atoms with E-state index in [2.05, 4.69) is 22.4 Å². The van der Waals surface area contributed by atoms with Gasteiger partial charge in [-0.05, 0) is 28.3 Å². The second-order valence-electron chi connectivity index (χ2n) is 7.24. The second kappa shape index (κ2) is 8.87. The summed E-state index contributed by atoms with van der Waals surface area (Å²) in [7, 11) is 1.46. The Hall–Kier alpha value is -3.87. The van der Waals surface area contributed by atoms with E-state index in [9.17, 15) is 14.7 Å². The van der Waals surface area contributed by atoms with Crippen molar-refractivity contribution in [1.29, 1.82) is 0 Å². The lowest BCUT2D eigenvalue weighted by Crippen LogP contribution is -2.43. The van der Waals surface area contributed by atoms with Crippen LogP contribution in [0.4, 0.5) is 4.79 Å². The average molecular weight is 418 g/mol. The smallest absolute Gasteiger partial charge is 0.407 e. The van der Waals surface area contributed by atoms with Crippen molar-refractivity contribution < 1.29 is 24.2 Å². The van der Waals surface area contributed by atoms with E-state index in [-0.39, 0.29) is 18.9 Å². The molecule has 2 aromatic carbocycles. The van der Waals surface area contributed by atoms with E-state index in [1.807, 2.05) is 36.4 Å². The molecule has 2 N–H and O–H groups in total. The Morgan fingerprint density at radius 2 is 1.68 bits per heavy atom. The fourth-order valence-electron chi connectivity index (χ4n) is 3.97. The van der Waals surface area contributed by atoms with Crippen LogP contribution in [0.3, 0.4) is 0 Å². The molecule has 0 saturated heterocycles. The van der Waals surface area contributed by atoms with Crippen molar-refractivity contribution in [3.05, 3.63) is 83.6 Å². The molecule has 4 rings (SSSR count). The molecule has 7 heteroatoms. The van der Waals surface area contributed by atoms with Crippen LogP contribution in [0, 0.1) is 0 Å². The molecule has 0 radical (unpaired) electrons. The summed E-state index contributed by atoms with van der Waals surface area (Å²) >= 11 is 0. The van der Waals surface area contributed by atoms with Crippen molar-refractivity contribution in [3.8, 4) is 17.0 Å². The number of alkyl carbamates (subject to hydrolysis) is 1. The summed E-state index contributed by atoms with van der Waals surface area (Å²) in [5.41, 5.74) is 5.01. The Morgan fingerprint density at radius 1 is 1.03 bits per heavy atom. The van der Waals surface area contributed by atoms with Gasteiger partial charge >= 0.3 is 12.1 Å². The van der Waals surface area contributed by atoms with Gasteiger partial charge in [0.25, 0.3) is 0 Å². The fourth-order valence-corrected chi connectivity index (χ4v) is 3.97. The molecule has 158 valence electrons. The Morgan fingerprint density at radius 3 is 2.29 bits per heavy atom. The monoisotopic (exact) mass is 418 g/mol. The molecule has 0 saturated carbocycles. The van der Waals surface area contributed by atoms with Crippen molar-refractivity contribution in [2.45, 2.75) is 18.4 Å². The highest BCUT2D eigenvalue weighted by Gasteiger charge is 2.30. The van der Waals surface area contributed by atoms with E-state index < -0.39 is 18.1 Å². The van der Waals surface area contributed by atoms with Gasteiger partial charge in [-0.2, -0.15) is 0 Å². The van der Waals surface area contributed by atoms with E-state index in [4.69, 9.17) is 9.47 Å². The highest BCUT2D eigenvalue weighted by atomic mass is 16.5. The van der Waals surface area contributed by atoms with Crippen LogP contribution in [0.15, 0.2) is 66.9 Å². The minimum Gasteiger partial charge on any atom is -0.481 e. The zero-order valence-corrected chi connectivity index (χ0v) is 16.9. The number of carboxylic acid groups (broad SMARTS) is 1. The SMILES string of the molecule is COc1ncccc1C[C@H](NC(=O)OCC1c2ccccc2-c2ccccc21)C(=O)O. The average Bonchev–Trinajstić information content (AvgIpc) is 3.11. The number of nitrogens with one attached hydrogen (secondary N) is 1. The van der Waals surface area contributed by atoms with Crippen LogP contribution in [0.1, 0.15) is 22.6 Å². The maximum atomic E-state index is 12.4. The summed E-state index contributed by atoms with van der Waals surface area (Å²) in [5, 5.41) is 12.0. The van der Waals surface area contributed by atoms with Gasteiger partial charge in [0, 0.05) is 24.1 Å². The summed E-state index contributed by atoms with van der Waals surface area (Å²) in [4.78, 5) is 28.2. The van der Waals surface area contributed by atoms with Gasteiger partial charge in [0.05, 0.1) is 7.11 Å². The zero-order valence-electron chi connectivity index (χ0n) is 16.9. The quantitative estimate of drug-likeness (QED) is 0.608. The van der Waals surface area contributed by atoms with Crippen LogP contribution in [-0.4, -0.2) is 41.9 Å². The topological polar surface area (TPSA) is 97.8 Å². The molecule has 1 aliphatic rings. The third-order valence-electron chi connectivity index (χ3n) is 5.40. The number of hydrogen-bond donors (Lipinski definition) is 2. The number of ether oxygens (including phenoxy) is 2. The predicted octanol–water partition coefficient (Wildman–Crippen LogP) is 3.62. The number of aromatic nitrogens is 1. The maximum Gasteiger partial charge on any atom is 0.407 e. The van der Waals surface area contributed by atoms with Crippen molar-refractivity contribution in [2.24, 2.45) is 0 Å². The van der Waals surface area contributed by atoms with Crippen LogP contribution in [0.5, 0.6) is 5.88 Å². The predicted molar refractivity (Wildman–Crippen MR) is 114 cm³/mol. The van der Waals surface area contributed by atoms with Crippen LogP contribution in [0.2, 0.25) is 0 Å². The molecule has 1 aromatic heterocycles. The van der Waals surface area contributed by atoms with Gasteiger partial charge in [-0.3, -0.25) is 0 Å². The molecule has 1 amide bonds. The maximum absolute atomic E-state index is 12.4. The fraction of sp³-hybridized carbons (Fsp3) is 0.208. The van der Waals surface area contributed by atoms with Gasteiger partial charge in [-0.25, -0.2) is 14.6 Å². The van der Waals surface area contributed by atoms with Gasteiger partial charge < -0.3 is 19.9 Å². The largest absolute Gasteiger partial charge is 0.481 e. The number of benzene rings is 2. The number of methoxy groups -OCH3 is 1. The number of amides is 1. The van der Waals surface area contributed by atoms with Crippen molar-refractivity contribution >= 4 is 12.1 Å². The molecule has 0 aliphatic heterocycles. The van der Waals surface area contributed by atoms with E-state index >= 15 is 0 Å². The number of hydrogen-bond acceptors (Lipinski definition) is 5. The molecule has 1 heterocycles. The molecule has 3 aromatic rings. The van der Waals surface area contributed by atoms with E-state index in [1.54, 1.807) is 18.3 Å². The van der Waals surface area contributed by atoms with Gasteiger partial charge in [0.1, 0.15) is 12.6 Å². The summed E-state index contributed by atoms with van der Waals surface area (Å²) in [6.45, 7) is 0.114. The number of nitrogens with zero attached hydrogens (tertiary/aromatic N) is 1. The van der Waals surface area contributed by atoms with Crippen LogP contribution in [-0.2, 0) is 16.0 Å². The Kier molecular flexibility index (Phi) is 5.84. The molecule has 0 unspecified atom stereocenters. The van der Waals surface area contributed by atoms with Crippen molar-refractivity contribution in [1.82, 2.24) is 10.3 Å². The third kappa shape index (κ3) is 4.21. The highest BCUT2D eigenvalue weighted by molar-refractivity contribution is 5.81. The van der Waals surface area contributed by atoms with E-state index in [0.717, 1.165) is 22.3 Å². The first kappa shape index (κ1) is 20.4. The third-order valence-corrected chi connectivity index (χ3v) is 5.40. The molecular weight excluding hydrogens is 396 g/mol. The van der Waals surface area contributed by atoms with Gasteiger partial charge in [-0.15, -0.1) is 0 Å². The van der Waals surface area contributed by atoms with Crippen molar-refractivity contribution in [3.63, 3.8) is 0 Å². The number of carbonyl (C=O) groups is 2. The van der Waals surface area contributed by atoms with E-state index in [1.165, 1.54) is 7.11 Å². The molecular formula is C24H22N2O5. The molecule has 7 nitrogen and oxygen atoms in total. The molecule has 0 fully saturated rings. The molecule has 0 spiro atoms. The molecule has 0 bridgehead atoms. The first-order valence-electron chi connectivity index (χ1n) is 9.90. The summed E-state index contributed by atoms with van der Waals surface area (Å²) < 4.78 is 10.6. The number of fused-ring (bicyclic) bond motifs is 3. The first-order valence-corrected chi connectivity index (χ1v) is 9.90. The van der Waals surface area contributed by atoms with Crippen molar-refractivity contribution in [2.75, 3.05) is 13.7 Å². The van der Waals surface area contributed by atoms with Gasteiger partial charge in [-0.1, -0.05) is 54.6 Å². The number of aliphatic carboxylic acids is 1. The Balaban J connectivity index is 1.44. The number of carbonyl (C=O) groups excluding carboxylic acids is 1. The van der Waals surface area contributed by atoms with Crippen LogP contribution < -0.4 is 10.1 Å².